The first kappa shape index (κ1) is 19.3. The average Bonchev–Trinajstić information content (AvgIpc) is 3.12. The molecule has 3 rings (SSSR count). The molecule has 1 fully saturated rings. The van der Waals surface area contributed by atoms with Gasteiger partial charge in [0.15, 0.2) is 0 Å². The maximum atomic E-state index is 12.5. The van der Waals surface area contributed by atoms with E-state index in [4.69, 9.17) is 11.6 Å². The number of hydrogen-bond acceptors (Lipinski definition) is 4. The van der Waals surface area contributed by atoms with Crippen molar-refractivity contribution in [2.45, 2.75) is 33.1 Å². The maximum Gasteiger partial charge on any atom is 0.259 e. The third-order valence-electron chi connectivity index (χ3n) is 4.70. The first-order chi connectivity index (χ1) is 12.8. The highest BCUT2D eigenvalue weighted by atomic mass is 35.5. The van der Waals surface area contributed by atoms with Crippen LogP contribution in [0.4, 0.5) is 5.69 Å². The predicted molar refractivity (Wildman–Crippen MR) is 105 cm³/mol. The lowest BCUT2D eigenvalue weighted by Gasteiger charge is -2.18. The molecule has 1 aromatic carbocycles. The van der Waals surface area contributed by atoms with E-state index >= 15 is 0 Å². The Bertz CT molecular complexity index is 852. The minimum Gasteiger partial charge on any atom is -0.342 e. The van der Waals surface area contributed by atoms with E-state index in [9.17, 15) is 9.59 Å². The second-order valence-corrected chi connectivity index (χ2v) is 7.55. The molecule has 1 saturated heterocycles. The summed E-state index contributed by atoms with van der Waals surface area (Å²) < 4.78 is 0. The molecule has 1 aromatic heterocycles. The van der Waals surface area contributed by atoms with Crippen LogP contribution >= 0.6 is 11.6 Å². The van der Waals surface area contributed by atoms with Crippen molar-refractivity contribution >= 4 is 29.1 Å². The van der Waals surface area contributed by atoms with Gasteiger partial charge in [0.2, 0.25) is 5.91 Å². The maximum absolute atomic E-state index is 12.5. The molecule has 1 unspecified atom stereocenters. The summed E-state index contributed by atoms with van der Waals surface area (Å²) >= 11 is 5.86. The SMILES string of the molecule is Cc1nc(C2CCN(C(=O)C(C)C)C2)ncc1C(=O)Nc1ccc(Cl)cc1. The number of anilines is 1. The molecule has 142 valence electrons. The van der Waals surface area contributed by atoms with Crippen LogP contribution in [0.5, 0.6) is 0 Å². The molecule has 0 spiro atoms. The minimum absolute atomic E-state index is 0.00894. The van der Waals surface area contributed by atoms with Gasteiger partial charge in [-0.05, 0) is 37.6 Å². The first-order valence-electron chi connectivity index (χ1n) is 9.04. The summed E-state index contributed by atoms with van der Waals surface area (Å²) in [7, 11) is 0. The van der Waals surface area contributed by atoms with Crippen molar-refractivity contribution in [2.75, 3.05) is 18.4 Å². The van der Waals surface area contributed by atoms with Crippen LogP contribution < -0.4 is 5.32 Å². The predicted octanol–water partition coefficient (Wildman–Crippen LogP) is 3.66. The van der Waals surface area contributed by atoms with E-state index in [0.717, 1.165) is 13.0 Å². The number of amides is 2. The normalized spacial score (nSPS) is 16.6. The van der Waals surface area contributed by atoms with Crippen molar-refractivity contribution in [1.82, 2.24) is 14.9 Å². The van der Waals surface area contributed by atoms with Crippen molar-refractivity contribution in [3.8, 4) is 0 Å². The van der Waals surface area contributed by atoms with Crippen LogP contribution in [0.3, 0.4) is 0 Å². The molecule has 0 saturated carbocycles. The number of hydrogen-bond donors (Lipinski definition) is 1. The van der Waals surface area contributed by atoms with E-state index < -0.39 is 0 Å². The molecule has 2 heterocycles. The van der Waals surface area contributed by atoms with Crippen molar-refractivity contribution in [3.63, 3.8) is 0 Å². The highest BCUT2D eigenvalue weighted by Gasteiger charge is 2.30. The van der Waals surface area contributed by atoms with Gasteiger partial charge in [-0.15, -0.1) is 0 Å². The number of likely N-dealkylation sites (tertiary alicyclic amines) is 1. The Morgan fingerprint density at radius 2 is 1.96 bits per heavy atom. The fourth-order valence-corrected chi connectivity index (χ4v) is 3.30. The zero-order valence-electron chi connectivity index (χ0n) is 15.7. The van der Waals surface area contributed by atoms with Gasteiger partial charge in [-0.25, -0.2) is 9.97 Å². The number of carbonyl (C=O) groups excluding carboxylic acids is 2. The van der Waals surface area contributed by atoms with Crippen LogP contribution in [0.25, 0.3) is 0 Å². The van der Waals surface area contributed by atoms with Gasteiger partial charge in [0.25, 0.3) is 5.91 Å². The van der Waals surface area contributed by atoms with Crippen molar-refractivity contribution < 1.29 is 9.59 Å². The molecule has 0 radical (unpaired) electrons. The Morgan fingerprint density at radius 3 is 2.59 bits per heavy atom. The lowest BCUT2D eigenvalue weighted by atomic mass is 10.1. The van der Waals surface area contributed by atoms with Crippen LogP contribution in [0, 0.1) is 12.8 Å². The fourth-order valence-electron chi connectivity index (χ4n) is 3.17. The fraction of sp³-hybridized carbons (Fsp3) is 0.400. The lowest BCUT2D eigenvalue weighted by Crippen LogP contribution is -2.32. The van der Waals surface area contributed by atoms with Crippen molar-refractivity contribution in [3.05, 3.63) is 52.6 Å². The molecule has 2 amide bonds. The zero-order chi connectivity index (χ0) is 19.6. The van der Waals surface area contributed by atoms with E-state index in [1.165, 1.54) is 0 Å². The number of nitrogens with one attached hydrogen (secondary N) is 1. The summed E-state index contributed by atoms with van der Waals surface area (Å²) in [5, 5.41) is 3.43. The van der Waals surface area contributed by atoms with Crippen LogP contribution in [-0.2, 0) is 4.79 Å². The van der Waals surface area contributed by atoms with Crippen LogP contribution in [0.15, 0.2) is 30.5 Å². The Hall–Kier alpha value is -2.47. The highest BCUT2D eigenvalue weighted by Crippen LogP contribution is 2.26. The van der Waals surface area contributed by atoms with E-state index in [-0.39, 0.29) is 23.7 Å². The molecule has 6 nitrogen and oxygen atoms in total. The molecule has 1 aliphatic rings. The molecular formula is C20H23ClN4O2. The third kappa shape index (κ3) is 4.45. The Balaban J connectivity index is 1.69. The van der Waals surface area contributed by atoms with Gasteiger partial charge in [0.05, 0.1) is 11.3 Å². The number of carbonyl (C=O) groups is 2. The Labute approximate surface area is 164 Å². The lowest BCUT2D eigenvalue weighted by molar-refractivity contribution is -0.133. The van der Waals surface area contributed by atoms with Gasteiger partial charge in [-0.2, -0.15) is 0 Å². The molecule has 1 N–H and O–H groups in total. The average molecular weight is 387 g/mol. The molecule has 1 atom stereocenters. The van der Waals surface area contributed by atoms with E-state index in [0.29, 0.717) is 34.3 Å². The summed E-state index contributed by atoms with van der Waals surface area (Å²) in [5.41, 5.74) is 1.72. The number of rotatable bonds is 4. The molecular weight excluding hydrogens is 364 g/mol. The van der Waals surface area contributed by atoms with Gasteiger partial charge in [0, 0.05) is 41.8 Å². The molecule has 1 aliphatic heterocycles. The summed E-state index contributed by atoms with van der Waals surface area (Å²) in [6.45, 7) is 6.97. The van der Waals surface area contributed by atoms with Gasteiger partial charge in [-0.1, -0.05) is 25.4 Å². The van der Waals surface area contributed by atoms with Crippen LogP contribution in [-0.4, -0.2) is 39.8 Å². The monoisotopic (exact) mass is 386 g/mol. The highest BCUT2D eigenvalue weighted by molar-refractivity contribution is 6.30. The van der Waals surface area contributed by atoms with Crippen molar-refractivity contribution in [1.29, 1.82) is 0 Å². The number of nitrogens with zero attached hydrogens (tertiary/aromatic N) is 3. The van der Waals surface area contributed by atoms with Gasteiger partial charge in [-0.3, -0.25) is 9.59 Å². The zero-order valence-corrected chi connectivity index (χ0v) is 16.5. The van der Waals surface area contributed by atoms with Gasteiger partial charge < -0.3 is 10.2 Å². The van der Waals surface area contributed by atoms with E-state index in [2.05, 4.69) is 15.3 Å². The van der Waals surface area contributed by atoms with Crippen molar-refractivity contribution in [2.24, 2.45) is 5.92 Å². The first-order valence-corrected chi connectivity index (χ1v) is 9.42. The number of halogens is 1. The third-order valence-corrected chi connectivity index (χ3v) is 4.96. The largest absolute Gasteiger partial charge is 0.342 e. The molecule has 7 heteroatoms. The van der Waals surface area contributed by atoms with Gasteiger partial charge >= 0.3 is 0 Å². The standard InChI is InChI=1S/C20H23ClN4O2/c1-12(2)20(27)25-9-8-14(11-25)18-22-10-17(13(3)23-18)19(26)24-16-6-4-15(21)5-7-16/h4-7,10,12,14H,8-9,11H2,1-3H3,(H,24,26). The second-order valence-electron chi connectivity index (χ2n) is 7.11. The minimum atomic E-state index is -0.260. The summed E-state index contributed by atoms with van der Waals surface area (Å²) in [5.74, 6) is 0.692. The Morgan fingerprint density at radius 1 is 1.26 bits per heavy atom. The number of aryl methyl sites for hydroxylation is 1. The quantitative estimate of drug-likeness (QED) is 0.869. The Kier molecular flexibility index (Phi) is 5.75. The smallest absolute Gasteiger partial charge is 0.259 e. The summed E-state index contributed by atoms with van der Waals surface area (Å²) in [6.07, 6.45) is 2.41. The molecule has 0 aliphatic carbocycles. The molecule has 0 bridgehead atoms. The second kappa shape index (κ2) is 8.05. The number of benzene rings is 1. The summed E-state index contributed by atoms with van der Waals surface area (Å²) in [6, 6.07) is 6.91. The van der Waals surface area contributed by atoms with Crippen LogP contribution in [0.2, 0.25) is 5.02 Å². The molecule has 2 aromatic rings. The topological polar surface area (TPSA) is 75.2 Å². The van der Waals surface area contributed by atoms with E-state index in [1.807, 2.05) is 18.7 Å². The molecule has 27 heavy (non-hydrogen) atoms. The van der Waals surface area contributed by atoms with Gasteiger partial charge in [0.1, 0.15) is 5.82 Å². The van der Waals surface area contributed by atoms with Crippen LogP contribution in [0.1, 0.15) is 48.1 Å². The van der Waals surface area contributed by atoms with E-state index in [1.54, 1.807) is 37.4 Å². The number of aromatic nitrogens is 2. The summed E-state index contributed by atoms with van der Waals surface area (Å²) in [4.78, 5) is 35.5.